The van der Waals surface area contributed by atoms with Gasteiger partial charge in [-0.1, -0.05) is 13.8 Å². The molecule has 1 fully saturated rings. The van der Waals surface area contributed by atoms with Crippen molar-refractivity contribution in [1.82, 2.24) is 4.90 Å². The maximum Gasteiger partial charge on any atom is 0.410 e. The van der Waals surface area contributed by atoms with E-state index >= 15 is 0 Å². The van der Waals surface area contributed by atoms with Crippen molar-refractivity contribution in [2.24, 2.45) is 11.7 Å². The van der Waals surface area contributed by atoms with Gasteiger partial charge >= 0.3 is 6.09 Å². The predicted octanol–water partition coefficient (Wildman–Crippen LogP) is 1.59. The van der Waals surface area contributed by atoms with Gasteiger partial charge in [0.25, 0.3) is 0 Å². The van der Waals surface area contributed by atoms with Crippen LogP contribution >= 0.6 is 0 Å². The van der Waals surface area contributed by atoms with Crippen LogP contribution in [0.25, 0.3) is 0 Å². The molecule has 1 heterocycles. The number of rotatable bonds is 1. The molecule has 1 saturated heterocycles. The van der Waals surface area contributed by atoms with Crippen LogP contribution in [0.3, 0.4) is 0 Å². The molecule has 4 heteroatoms. The van der Waals surface area contributed by atoms with Gasteiger partial charge < -0.3 is 15.4 Å². The summed E-state index contributed by atoms with van der Waals surface area (Å²) in [5.74, 6) is 0.376. The van der Waals surface area contributed by atoms with Gasteiger partial charge in [0.2, 0.25) is 0 Å². The molecule has 0 spiro atoms. The molecule has 0 aromatic carbocycles. The molecule has 1 rings (SSSR count). The summed E-state index contributed by atoms with van der Waals surface area (Å²) in [7, 11) is 0. The molecule has 88 valence electrons. The summed E-state index contributed by atoms with van der Waals surface area (Å²) in [5, 5.41) is 0. The molecule has 0 aliphatic carbocycles. The number of ether oxygens (including phenoxy) is 1. The average Bonchev–Trinajstić information content (AvgIpc) is 1.94. The Hall–Kier alpha value is -0.770. The summed E-state index contributed by atoms with van der Waals surface area (Å²) < 4.78 is 5.30. The summed E-state index contributed by atoms with van der Waals surface area (Å²) in [6.07, 6.45) is -0.247. The highest BCUT2D eigenvalue weighted by Crippen LogP contribution is 2.25. The van der Waals surface area contributed by atoms with E-state index in [0.29, 0.717) is 12.5 Å². The van der Waals surface area contributed by atoms with Gasteiger partial charge in [-0.3, -0.25) is 0 Å². The summed E-state index contributed by atoms with van der Waals surface area (Å²) in [5.41, 5.74) is 5.43. The molecule has 0 aromatic heterocycles. The Balaban J connectivity index is 2.55. The fourth-order valence-electron chi connectivity index (χ4n) is 1.92. The zero-order valence-corrected chi connectivity index (χ0v) is 10.3. The largest absolute Gasteiger partial charge is 0.444 e. The molecule has 2 N–H and O–H groups in total. The first-order valence-corrected chi connectivity index (χ1v) is 5.47. The highest BCUT2D eigenvalue weighted by Gasteiger charge is 2.43. The number of hydrogen-bond donors (Lipinski definition) is 1. The lowest BCUT2D eigenvalue weighted by Crippen LogP contribution is -2.68. The zero-order chi connectivity index (χ0) is 11.8. The molecular formula is C11H22N2O2. The minimum Gasteiger partial charge on any atom is -0.444 e. The standard InChI is InChI=1S/C11H22N2O2/c1-7(2)9-8(12)6-13(9)10(14)15-11(3,4)5/h7-9H,6,12H2,1-5H3. The number of hydrogen-bond acceptors (Lipinski definition) is 3. The highest BCUT2D eigenvalue weighted by atomic mass is 16.6. The van der Waals surface area contributed by atoms with Gasteiger partial charge in [0.05, 0.1) is 6.04 Å². The minimum absolute atomic E-state index is 0.0949. The van der Waals surface area contributed by atoms with Crippen molar-refractivity contribution < 1.29 is 9.53 Å². The normalized spacial score (nSPS) is 26.5. The molecule has 2 atom stereocenters. The minimum atomic E-state index is -0.432. The first-order valence-electron chi connectivity index (χ1n) is 5.47. The van der Waals surface area contributed by atoms with Crippen molar-refractivity contribution in [3.63, 3.8) is 0 Å². The van der Waals surface area contributed by atoms with Gasteiger partial charge in [-0.15, -0.1) is 0 Å². The van der Waals surface area contributed by atoms with Crippen molar-refractivity contribution in [3.05, 3.63) is 0 Å². The molecule has 15 heavy (non-hydrogen) atoms. The molecule has 1 aliphatic rings. The van der Waals surface area contributed by atoms with E-state index in [-0.39, 0.29) is 18.2 Å². The second-order valence-electron chi connectivity index (χ2n) is 5.53. The molecule has 1 amide bonds. The van der Waals surface area contributed by atoms with Crippen LogP contribution < -0.4 is 5.73 Å². The molecule has 0 aromatic rings. The Morgan fingerprint density at radius 3 is 2.33 bits per heavy atom. The van der Waals surface area contributed by atoms with E-state index in [1.807, 2.05) is 20.8 Å². The van der Waals surface area contributed by atoms with Crippen molar-refractivity contribution in [2.45, 2.75) is 52.3 Å². The Morgan fingerprint density at radius 2 is 2.00 bits per heavy atom. The lowest BCUT2D eigenvalue weighted by Gasteiger charge is -2.48. The van der Waals surface area contributed by atoms with E-state index in [1.165, 1.54) is 0 Å². The van der Waals surface area contributed by atoms with E-state index in [4.69, 9.17) is 10.5 Å². The van der Waals surface area contributed by atoms with Crippen molar-refractivity contribution in [1.29, 1.82) is 0 Å². The van der Waals surface area contributed by atoms with Crippen LogP contribution in [-0.4, -0.2) is 35.2 Å². The second-order valence-corrected chi connectivity index (χ2v) is 5.53. The van der Waals surface area contributed by atoms with Gasteiger partial charge in [-0.25, -0.2) is 4.79 Å². The molecule has 0 radical (unpaired) electrons. The number of likely N-dealkylation sites (tertiary alicyclic amines) is 1. The highest BCUT2D eigenvalue weighted by molar-refractivity contribution is 5.70. The first kappa shape index (κ1) is 12.3. The van der Waals surface area contributed by atoms with E-state index in [0.717, 1.165) is 0 Å². The summed E-state index contributed by atoms with van der Waals surface area (Å²) in [6, 6.07) is 0.220. The topological polar surface area (TPSA) is 55.6 Å². The Kier molecular flexibility index (Phi) is 3.28. The number of nitrogens with two attached hydrogens (primary N) is 1. The molecule has 4 nitrogen and oxygen atoms in total. The van der Waals surface area contributed by atoms with Crippen molar-refractivity contribution in [2.75, 3.05) is 6.54 Å². The van der Waals surface area contributed by atoms with Crippen molar-refractivity contribution in [3.8, 4) is 0 Å². The summed E-state index contributed by atoms with van der Waals surface area (Å²) in [6.45, 7) is 10.4. The van der Waals surface area contributed by atoms with Crippen LogP contribution in [0, 0.1) is 5.92 Å². The maximum atomic E-state index is 11.7. The smallest absolute Gasteiger partial charge is 0.410 e. The average molecular weight is 214 g/mol. The quantitative estimate of drug-likeness (QED) is 0.721. The lowest BCUT2D eigenvalue weighted by molar-refractivity contribution is -0.0232. The van der Waals surface area contributed by atoms with Crippen LogP contribution in [0.2, 0.25) is 0 Å². The van der Waals surface area contributed by atoms with E-state index < -0.39 is 5.60 Å². The second kappa shape index (κ2) is 4.00. The Morgan fingerprint density at radius 1 is 1.47 bits per heavy atom. The Bertz CT molecular complexity index is 241. The molecule has 0 saturated carbocycles. The third-order valence-electron chi connectivity index (χ3n) is 2.52. The summed E-state index contributed by atoms with van der Waals surface area (Å²) >= 11 is 0. The van der Waals surface area contributed by atoms with Gasteiger partial charge in [0.15, 0.2) is 0 Å². The lowest BCUT2D eigenvalue weighted by atomic mass is 9.88. The monoisotopic (exact) mass is 214 g/mol. The van der Waals surface area contributed by atoms with E-state index in [2.05, 4.69) is 13.8 Å². The summed E-state index contributed by atoms with van der Waals surface area (Å²) in [4.78, 5) is 13.5. The fourth-order valence-corrected chi connectivity index (χ4v) is 1.92. The van der Waals surface area contributed by atoms with E-state index in [1.54, 1.807) is 4.90 Å². The van der Waals surface area contributed by atoms with Gasteiger partial charge in [0, 0.05) is 12.6 Å². The molecule has 2 unspecified atom stereocenters. The third kappa shape index (κ3) is 2.84. The Labute approximate surface area is 91.8 Å². The molecule has 0 bridgehead atoms. The van der Waals surface area contributed by atoms with Crippen LogP contribution in [0.1, 0.15) is 34.6 Å². The number of nitrogens with zero attached hydrogens (tertiary/aromatic N) is 1. The van der Waals surface area contributed by atoms with Crippen LogP contribution in [0.15, 0.2) is 0 Å². The van der Waals surface area contributed by atoms with Crippen LogP contribution in [0.4, 0.5) is 4.79 Å². The number of amides is 1. The maximum absolute atomic E-state index is 11.7. The van der Waals surface area contributed by atoms with E-state index in [9.17, 15) is 4.79 Å². The van der Waals surface area contributed by atoms with Gasteiger partial charge in [0.1, 0.15) is 5.60 Å². The van der Waals surface area contributed by atoms with Gasteiger partial charge in [-0.05, 0) is 26.7 Å². The van der Waals surface area contributed by atoms with Crippen LogP contribution in [-0.2, 0) is 4.74 Å². The molecular weight excluding hydrogens is 192 g/mol. The van der Waals surface area contributed by atoms with Gasteiger partial charge in [-0.2, -0.15) is 0 Å². The predicted molar refractivity (Wildman–Crippen MR) is 59.5 cm³/mol. The van der Waals surface area contributed by atoms with Crippen LogP contribution in [0.5, 0.6) is 0 Å². The third-order valence-corrected chi connectivity index (χ3v) is 2.52. The number of carbonyl (C=O) groups excluding carboxylic acids is 1. The molecule has 1 aliphatic heterocycles. The van der Waals surface area contributed by atoms with Crippen molar-refractivity contribution >= 4 is 6.09 Å². The number of carbonyl (C=O) groups is 1. The SMILES string of the molecule is CC(C)C1C(N)CN1C(=O)OC(C)(C)C. The first-order chi connectivity index (χ1) is 6.72. The zero-order valence-electron chi connectivity index (χ0n) is 10.3. The fraction of sp³-hybridized carbons (Fsp3) is 0.909.